The van der Waals surface area contributed by atoms with Crippen LogP contribution in [0.4, 0.5) is 0 Å². The fourth-order valence-electron chi connectivity index (χ4n) is 2.82. The van der Waals surface area contributed by atoms with Crippen LogP contribution in [0.25, 0.3) is 0 Å². The number of hydrogen-bond acceptors (Lipinski definition) is 4. The van der Waals surface area contributed by atoms with Crippen molar-refractivity contribution in [1.29, 1.82) is 0 Å². The number of hydrogen-bond donors (Lipinski definition) is 2. The Morgan fingerprint density at radius 1 is 1.04 bits per heavy atom. The number of ether oxygens (including phenoxy) is 3. The molecule has 0 aliphatic carbocycles. The minimum absolute atomic E-state index is 0. The molecular formula is C20H26IN3O3. The molecule has 0 atom stereocenters. The summed E-state index contributed by atoms with van der Waals surface area (Å²) in [6, 6.07) is 14.4. The summed E-state index contributed by atoms with van der Waals surface area (Å²) in [7, 11) is 3.48. The van der Waals surface area contributed by atoms with E-state index in [4.69, 9.17) is 14.2 Å². The van der Waals surface area contributed by atoms with Gasteiger partial charge in [0, 0.05) is 27.2 Å². The zero-order chi connectivity index (χ0) is 18.2. The molecule has 2 aromatic rings. The highest BCUT2D eigenvalue weighted by Gasteiger charge is 2.12. The molecule has 3 rings (SSSR count). The van der Waals surface area contributed by atoms with E-state index in [1.807, 2.05) is 18.2 Å². The number of nitrogens with one attached hydrogen (secondary N) is 2. The van der Waals surface area contributed by atoms with E-state index in [0.29, 0.717) is 19.9 Å². The van der Waals surface area contributed by atoms with Gasteiger partial charge in [0.2, 0.25) is 6.79 Å². The van der Waals surface area contributed by atoms with Gasteiger partial charge in [-0.05, 0) is 35.2 Å². The van der Waals surface area contributed by atoms with E-state index in [1.165, 1.54) is 11.1 Å². The number of halogens is 1. The highest BCUT2D eigenvalue weighted by molar-refractivity contribution is 14.0. The first-order valence-electron chi connectivity index (χ1n) is 8.68. The standard InChI is InChI=1S/C20H25N3O3.HI/c1-21-20(23-12-16-4-3-5-17(10-16)13-24-2)22-9-8-15-6-7-18-19(11-15)26-14-25-18;/h3-7,10-11H,8-9,12-14H2,1-2H3,(H2,21,22,23);1H. The van der Waals surface area contributed by atoms with Crippen LogP contribution in [0.15, 0.2) is 47.5 Å². The van der Waals surface area contributed by atoms with Crippen LogP contribution in [-0.4, -0.2) is 33.5 Å². The Bertz CT molecular complexity index is 768. The van der Waals surface area contributed by atoms with Crippen LogP contribution >= 0.6 is 24.0 Å². The Hall–Kier alpha value is -2.00. The van der Waals surface area contributed by atoms with Crippen LogP contribution in [0.5, 0.6) is 11.5 Å². The predicted octanol–water partition coefficient (Wildman–Crippen LogP) is 3.09. The Kier molecular flexibility index (Phi) is 8.66. The number of guanidine groups is 1. The van der Waals surface area contributed by atoms with Crippen LogP contribution in [-0.2, 0) is 24.3 Å². The predicted molar refractivity (Wildman–Crippen MR) is 117 cm³/mol. The van der Waals surface area contributed by atoms with E-state index in [0.717, 1.165) is 36.0 Å². The summed E-state index contributed by atoms with van der Waals surface area (Å²) in [5.74, 6) is 2.42. The first kappa shape index (κ1) is 21.3. The summed E-state index contributed by atoms with van der Waals surface area (Å²) in [6.07, 6.45) is 0.876. The summed E-state index contributed by atoms with van der Waals surface area (Å²) in [6.45, 7) is 2.42. The Balaban J connectivity index is 0.00000261. The van der Waals surface area contributed by atoms with Crippen molar-refractivity contribution in [3.8, 4) is 11.5 Å². The summed E-state index contributed by atoms with van der Waals surface area (Å²) in [4.78, 5) is 4.28. The van der Waals surface area contributed by atoms with Crippen molar-refractivity contribution in [3.63, 3.8) is 0 Å². The third kappa shape index (κ3) is 6.28. The molecule has 1 aliphatic heterocycles. The molecule has 27 heavy (non-hydrogen) atoms. The van der Waals surface area contributed by atoms with Crippen molar-refractivity contribution in [2.24, 2.45) is 4.99 Å². The second-order valence-corrected chi connectivity index (χ2v) is 6.04. The number of fused-ring (bicyclic) bond motifs is 1. The zero-order valence-corrected chi connectivity index (χ0v) is 18.0. The van der Waals surface area contributed by atoms with Crippen molar-refractivity contribution in [3.05, 3.63) is 59.2 Å². The average molecular weight is 483 g/mol. The lowest BCUT2D eigenvalue weighted by atomic mass is 10.1. The SMILES string of the molecule is CN=C(NCCc1ccc2c(c1)OCO2)NCc1cccc(COC)c1.I. The lowest BCUT2D eigenvalue weighted by Gasteiger charge is -2.12. The lowest BCUT2D eigenvalue weighted by molar-refractivity contribution is 0.174. The van der Waals surface area contributed by atoms with Crippen molar-refractivity contribution >= 4 is 29.9 Å². The Labute approximate surface area is 177 Å². The largest absolute Gasteiger partial charge is 0.454 e. The number of methoxy groups -OCH3 is 1. The Morgan fingerprint density at radius 2 is 1.85 bits per heavy atom. The lowest BCUT2D eigenvalue weighted by Crippen LogP contribution is -2.37. The minimum Gasteiger partial charge on any atom is -0.454 e. The summed E-state index contributed by atoms with van der Waals surface area (Å²) < 4.78 is 15.9. The van der Waals surface area contributed by atoms with Gasteiger partial charge in [-0.15, -0.1) is 24.0 Å². The van der Waals surface area contributed by atoms with Crippen LogP contribution in [0.2, 0.25) is 0 Å². The third-order valence-electron chi connectivity index (χ3n) is 4.13. The van der Waals surface area contributed by atoms with Crippen molar-refractivity contribution < 1.29 is 14.2 Å². The molecule has 0 saturated carbocycles. The first-order valence-corrected chi connectivity index (χ1v) is 8.68. The Morgan fingerprint density at radius 3 is 2.67 bits per heavy atom. The molecule has 0 radical (unpaired) electrons. The maximum absolute atomic E-state index is 5.41. The van der Waals surface area contributed by atoms with E-state index in [-0.39, 0.29) is 24.0 Å². The molecule has 0 bridgehead atoms. The van der Waals surface area contributed by atoms with Gasteiger partial charge in [-0.1, -0.05) is 30.3 Å². The van der Waals surface area contributed by atoms with Gasteiger partial charge in [-0.2, -0.15) is 0 Å². The first-order chi connectivity index (χ1) is 12.8. The monoisotopic (exact) mass is 483 g/mol. The van der Waals surface area contributed by atoms with Crippen LogP contribution < -0.4 is 20.1 Å². The van der Waals surface area contributed by atoms with Gasteiger partial charge in [-0.25, -0.2) is 0 Å². The quantitative estimate of drug-likeness (QED) is 0.360. The third-order valence-corrected chi connectivity index (χ3v) is 4.13. The zero-order valence-electron chi connectivity index (χ0n) is 15.7. The topological polar surface area (TPSA) is 64.1 Å². The van der Waals surface area contributed by atoms with Gasteiger partial charge in [0.15, 0.2) is 17.5 Å². The summed E-state index contributed by atoms with van der Waals surface area (Å²) in [5, 5.41) is 6.67. The van der Waals surface area contributed by atoms with Gasteiger partial charge >= 0.3 is 0 Å². The summed E-state index contributed by atoms with van der Waals surface area (Å²) >= 11 is 0. The molecule has 1 aliphatic rings. The number of benzene rings is 2. The molecular weight excluding hydrogens is 457 g/mol. The van der Waals surface area contributed by atoms with Gasteiger partial charge < -0.3 is 24.8 Å². The molecule has 7 heteroatoms. The molecule has 0 aromatic heterocycles. The van der Waals surface area contributed by atoms with Gasteiger partial charge in [0.1, 0.15) is 0 Å². The van der Waals surface area contributed by atoms with Crippen molar-refractivity contribution in [2.75, 3.05) is 27.5 Å². The molecule has 0 saturated heterocycles. The van der Waals surface area contributed by atoms with E-state index >= 15 is 0 Å². The van der Waals surface area contributed by atoms with Crippen molar-refractivity contribution in [2.45, 2.75) is 19.6 Å². The fourth-order valence-corrected chi connectivity index (χ4v) is 2.82. The molecule has 0 fully saturated rings. The second kappa shape index (κ2) is 11.0. The van der Waals surface area contributed by atoms with Gasteiger partial charge in [0.05, 0.1) is 6.61 Å². The maximum Gasteiger partial charge on any atom is 0.231 e. The number of aliphatic imine (C=N–C) groups is 1. The second-order valence-electron chi connectivity index (χ2n) is 6.04. The molecule has 2 aromatic carbocycles. The minimum atomic E-state index is 0. The smallest absolute Gasteiger partial charge is 0.231 e. The molecule has 0 amide bonds. The number of nitrogens with zero attached hydrogens (tertiary/aromatic N) is 1. The van der Waals surface area contributed by atoms with E-state index in [9.17, 15) is 0 Å². The number of rotatable bonds is 7. The molecule has 1 heterocycles. The molecule has 146 valence electrons. The molecule has 6 nitrogen and oxygen atoms in total. The van der Waals surface area contributed by atoms with Gasteiger partial charge in [0.25, 0.3) is 0 Å². The van der Waals surface area contributed by atoms with Crippen LogP contribution in [0.3, 0.4) is 0 Å². The summed E-state index contributed by atoms with van der Waals surface area (Å²) in [5.41, 5.74) is 3.56. The van der Waals surface area contributed by atoms with Gasteiger partial charge in [-0.3, -0.25) is 4.99 Å². The molecule has 0 unspecified atom stereocenters. The normalized spacial score (nSPS) is 12.4. The highest BCUT2D eigenvalue weighted by Crippen LogP contribution is 2.32. The van der Waals surface area contributed by atoms with Crippen molar-refractivity contribution in [1.82, 2.24) is 10.6 Å². The average Bonchev–Trinajstić information content (AvgIpc) is 3.13. The molecule has 0 spiro atoms. The highest BCUT2D eigenvalue weighted by atomic mass is 127. The van der Waals surface area contributed by atoms with Crippen LogP contribution in [0, 0.1) is 0 Å². The maximum atomic E-state index is 5.41. The van der Waals surface area contributed by atoms with E-state index < -0.39 is 0 Å². The molecule has 2 N–H and O–H groups in total. The van der Waals surface area contributed by atoms with E-state index in [2.05, 4.69) is 39.9 Å². The van der Waals surface area contributed by atoms with E-state index in [1.54, 1.807) is 14.2 Å². The van der Waals surface area contributed by atoms with Crippen LogP contribution in [0.1, 0.15) is 16.7 Å². The fraction of sp³-hybridized carbons (Fsp3) is 0.350.